The van der Waals surface area contributed by atoms with Crippen molar-refractivity contribution in [2.45, 2.75) is 51.6 Å². The summed E-state index contributed by atoms with van der Waals surface area (Å²) >= 11 is 6.11. The largest absolute Gasteiger partial charge is 0.345 e. The van der Waals surface area contributed by atoms with Crippen molar-refractivity contribution in [1.29, 1.82) is 0 Å². The van der Waals surface area contributed by atoms with E-state index in [2.05, 4.69) is 22.2 Å². The third-order valence-electron chi connectivity index (χ3n) is 9.34. The zero-order valence-electron chi connectivity index (χ0n) is 23.1. The highest BCUT2D eigenvalue weighted by atomic mass is 35.5. The van der Waals surface area contributed by atoms with Gasteiger partial charge in [-0.1, -0.05) is 23.7 Å². The monoisotopic (exact) mass is 563 g/mol. The predicted molar refractivity (Wildman–Crippen MR) is 152 cm³/mol. The fourth-order valence-corrected chi connectivity index (χ4v) is 6.90. The summed E-state index contributed by atoms with van der Waals surface area (Å²) in [6.45, 7) is 6.65. The van der Waals surface area contributed by atoms with Crippen molar-refractivity contribution < 1.29 is 14.0 Å². The van der Waals surface area contributed by atoms with Crippen LogP contribution in [-0.2, 0) is 20.0 Å². The number of carbonyl (C=O) groups is 2. The number of aryl methyl sites for hydroxylation is 2. The summed E-state index contributed by atoms with van der Waals surface area (Å²) in [5, 5.41) is 7.40. The molecule has 1 aromatic heterocycles. The number of benzene rings is 2. The Kier molecular flexibility index (Phi) is 7.17. The molecule has 7 nitrogen and oxygen atoms in total. The Labute approximate surface area is 239 Å². The average molecular weight is 564 g/mol. The van der Waals surface area contributed by atoms with Crippen LogP contribution in [0.25, 0.3) is 0 Å². The van der Waals surface area contributed by atoms with Gasteiger partial charge < -0.3 is 10.2 Å². The van der Waals surface area contributed by atoms with Gasteiger partial charge in [0, 0.05) is 43.5 Å². The van der Waals surface area contributed by atoms with Crippen LogP contribution in [0.1, 0.15) is 74.8 Å². The van der Waals surface area contributed by atoms with Gasteiger partial charge in [0.15, 0.2) is 0 Å². The van der Waals surface area contributed by atoms with Gasteiger partial charge in [-0.05, 0) is 92.9 Å². The quantitative estimate of drug-likeness (QED) is 0.471. The lowest BCUT2D eigenvalue weighted by atomic mass is 9.77. The molecule has 9 heteroatoms. The number of halogens is 2. The van der Waals surface area contributed by atoms with Crippen LogP contribution < -0.4 is 5.32 Å². The first-order chi connectivity index (χ1) is 19.2. The molecule has 2 aromatic carbocycles. The average Bonchev–Trinajstić information content (AvgIpc) is 3.63. The Hall–Kier alpha value is -3.23. The van der Waals surface area contributed by atoms with Gasteiger partial charge in [0.1, 0.15) is 5.82 Å². The molecule has 2 amide bonds. The van der Waals surface area contributed by atoms with Crippen LogP contribution in [0.5, 0.6) is 0 Å². The first-order valence-electron chi connectivity index (χ1n) is 14.1. The summed E-state index contributed by atoms with van der Waals surface area (Å²) in [5.41, 5.74) is 5.21. The van der Waals surface area contributed by atoms with E-state index in [4.69, 9.17) is 11.6 Å². The first kappa shape index (κ1) is 27.0. The molecule has 2 saturated heterocycles. The van der Waals surface area contributed by atoms with Crippen LogP contribution >= 0.6 is 11.6 Å². The van der Waals surface area contributed by atoms with Crippen molar-refractivity contribution in [2.75, 3.05) is 26.2 Å². The summed E-state index contributed by atoms with van der Waals surface area (Å²) in [4.78, 5) is 31.0. The van der Waals surface area contributed by atoms with Crippen molar-refractivity contribution in [1.82, 2.24) is 24.9 Å². The molecule has 3 aliphatic rings. The summed E-state index contributed by atoms with van der Waals surface area (Å²) in [6, 6.07) is 9.75. The van der Waals surface area contributed by atoms with Crippen molar-refractivity contribution >= 4 is 23.4 Å². The Bertz CT molecular complexity index is 1440. The fraction of sp³-hybridized carbons (Fsp3) is 0.452. The van der Waals surface area contributed by atoms with Gasteiger partial charge in [-0.2, -0.15) is 5.10 Å². The summed E-state index contributed by atoms with van der Waals surface area (Å²) in [6.07, 6.45) is 6.68. The van der Waals surface area contributed by atoms with Crippen molar-refractivity contribution in [2.24, 2.45) is 12.5 Å². The fourth-order valence-electron chi connectivity index (χ4n) is 6.66. The molecule has 1 spiro atoms. The summed E-state index contributed by atoms with van der Waals surface area (Å²) in [5.74, 6) is -1.14. The predicted octanol–water partition coefficient (Wildman–Crippen LogP) is 5.07. The second-order valence-electron chi connectivity index (χ2n) is 11.7. The number of piperidine rings is 1. The molecule has 2 aliphatic heterocycles. The summed E-state index contributed by atoms with van der Waals surface area (Å²) < 4.78 is 16.2. The minimum Gasteiger partial charge on any atom is -0.345 e. The number of likely N-dealkylation sites (tertiary alicyclic amines) is 2. The molecule has 2 fully saturated rings. The number of amides is 2. The molecule has 1 aliphatic carbocycles. The second kappa shape index (κ2) is 10.6. The Balaban J connectivity index is 1.09. The van der Waals surface area contributed by atoms with Crippen LogP contribution in [0.4, 0.5) is 4.39 Å². The van der Waals surface area contributed by atoms with Crippen LogP contribution in [0.3, 0.4) is 0 Å². The molecule has 0 radical (unpaired) electrons. The zero-order valence-corrected chi connectivity index (χ0v) is 23.8. The zero-order chi connectivity index (χ0) is 28.0. The molecule has 1 atom stereocenters. The molecule has 3 aromatic rings. The maximum absolute atomic E-state index is 14.3. The van der Waals surface area contributed by atoms with Gasteiger partial charge in [0.25, 0.3) is 11.8 Å². The van der Waals surface area contributed by atoms with Gasteiger partial charge in [0.05, 0.1) is 22.8 Å². The Morgan fingerprint density at radius 1 is 1.15 bits per heavy atom. The van der Waals surface area contributed by atoms with E-state index in [0.29, 0.717) is 12.0 Å². The molecule has 1 unspecified atom stereocenters. The van der Waals surface area contributed by atoms with Gasteiger partial charge in [-0.3, -0.25) is 19.2 Å². The molecule has 0 saturated carbocycles. The molecule has 210 valence electrons. The van der Waals surface area contributed by atoms with Gasteiger partial charge in [0.2, 0.25) is 0 Å². The maximum Gasteiger partial charge on any atom is 0.256 e. The van der Waals surface area contributed by atoms with E-state index < -0.39 is 11.7 Å². The van der Waals surface area contributed by atoms with Crippen molar-refractivity contribution in [3.8, 4) is 0 Å². The lowest BCUT2D eigenvalue weighted by molar-refractivity contribution is 0.0713. The standard InChI is InChI=1S/C31H35ClFN5O2/c1-20-23(17-34-36(20)2)18-37-13-10-31(11-14-37)12-15-38(19-31)30(40)22-7-6-21-8-9-27(24(21)16-22)35-29(39)28-25(32)4-3-5-26(28)33/h3-7,16-17,27H,8-15,18-19H2,1-2H3,(H,35,39). The van der Waals surface area contributed by atoms with E-state index >= 15 is 0 Å². The third-order valence-corrected chi connectivity index (χ3v) is 9.65. The minimum absolute atomic E-state index is 0.0437. The molecule has 40 heavy (non-hydrogen) atoms. The van der Waals surface area contributed by atoms with E-state index in [1.807, 2.05) is 41.0 Å². The topological polar surface area (TPSA) is 70.5 Å². The van der Waals surface area contributed by atoms with Crippen LogP contribution in [-0.4, -0.2) is 57.6 Å². The number of hydrogen-bond acceptors (Lipinski definition) is 4. The van der Waals surface area contributed by atoms with E-state index in [1.54, 1.807) is 0 Å². The highest BCUT2D eigenvalue weighted by Crippen LogP contribution is 2.41. The van der Waals surface area contributed by atoms with Gasteiger partial charge in [-0.25, -0.2) is 4.39 Å². The molecular weight excluding hydrogens is 529 g/mol. The van der Waals surface area contributed by atoms with Crippen LogP contribution in [0.15, 0.2) is 42.6 Å². The van der Waals surface area contributed by atoms with Crippen molar-refractivity contribution in [3.05, 3.63) is 86.9 Å². The number of aromatic nitrogens is 2. The van der Waals surface area contributed by atoms with Crippen LogP contribution in [0.2, 0.25) is 5.02 Å². The van der Waals surface area contributed by atoms with Gasteiger partial charge in [-0.15, -0.1) is 0 Å². The lowest BCUT2D eigenvalue weighted by Crippen LogP contribution is -2.42. The lowest BCUT2D eigenvalue weighted by Gasteiger charge is -2.39. The highest BCUT2D eigenvalue weighted by molar-refractivity contribution is 6.33. The number of rotatable bonds is 5. The van der Waals surface area contributed by atoms with Gasteiger partial charge >= 0.3 is 0 Å². The maximum atomic E-state index is 14.3. The number of nitrogens with zero attached hydrogens (tertiary/aromatic N) is 4. The van der Waals surface area contributed by atoms with E-state index in [0.717, 1.165) is 69.5 Å². The van der Waals surface area contributed by atoms with E-state index in [-0.39, 0.29) is 28.0 Å². The number of hydrogen-bond donors (Lipinski definition) is 1. The van der Waals surface area contributed by atoms with Crippen LogP contribution in [0, 0.1) is 18.2 Å². The smallest absolute Gasteiger partial charge is 0.256 e. The third kappa shape index (κ3) is 5.03. The number of fused-ring (bicyclic) bond motifs is 1. The van der Waals surface area contributed by atoms with Crippen molar-refractivity contribution in [3.63, 3.8) is 0 Å². The minimum atomic E-state index is -0.645. The molecular formula is C31H35ClFN5O2. The molecule has 6 rings (SSSR count). The molecule has 1 N–H and O–H groups in total. The first-order valence-corrected chi connectivity index (χ1v) is 14.5. The molecule has 3 heterocycles. The molecule has 0 bridgehead atoms. The normalized spacial score (nSPS) is 20.2. The Morgan fingerprint density at radius 2 is 1.93 bits per heavy atom. The second-order valence-corrected chi connectivity index (χ2v) is 12.1. The number of nitrogens with one attached hydrogen (secondary N) is 1. The summed E-state index contributed by atoms with van der Waals surface area (Å²) in [7, 11) is 1.98. The Morgan fingerprint density at radius 3 is 2.65 bits per heavy atom. The van der Waals surface area contributed by atoms with E-state index in [1.165, 1.54) is 29.5 Å². The van der Waals surface area contributed by atoms with E-state index in [9.17, 15) is 14.0 Å². The highest BCUT2D eigenvalue weighted by Gasteiger charge is 2.42. The number of carbonyl (C=O) groups excluding carboxylic acids is 2. The SMILES string of the molecule is Cc1c(CN2CCC3(CC2)CCN(C(=O)c2ccc4c(c2)C(NC(=O)c2c(F)cccc2Cl)CC4)C3)cnn1C.